The monoisotopic (exact) mass is 492 g/mol. The SMILES string of the molecule is O=C1C2[C@@H]3CC[C@@H](C3)[C@H]2C(=O)N1C[C@@H]1CCCC[C@H]1CN1CCN(c2nsc3ccccc23)CC1. The van der Waals surface area contributed by atoms with Gasteiger partial charge in [-0.3, -0.25) is 19.4 Å². The lowest BCUT2D eigenvalue weighted by Gasteiger charge is -2.40. The van der Waals surface area contributed by atoms with Crippen LogP contribution in [0.3, 0.4) is 0 Å². The molecule has 0 N–H and O–H groups in total. The van der Waals surface area contributed by atoms with Gasteiger partial charge in [-0.25, -0.2) is 0 Å². The van der Waals surface area contributed by atoms with E-state index in [2.05, 4.69) is 34.1 Å². The molecule has 1 aromatic heterocycles. The number of imide groups is 1. The maximum absolute atomic E-state index is 13.3. The molecule has 5 aliphatic rings. The number of hydrogen-bond donors (Lipinski definition) is 0. The normalized spacial score (nSPS) is 35.4. The molecule has 2 aromatic rings. The fourth-order valence-electron chi connectivity index (χ4n) is 8.22. The van der Waals surface area contributed by atoms with E-state index in [1.165, 1.54) is 29.3 Å². The zero-order valence-electron chi connectivity index (χ0n) is 20.5. The molecule has 3 heterocycles. The van der Waals surface area contributed by atoms with Gasteiger partial charge in [0, 0.05) is 44.7 Å². The molecule has 6 atom stereocenters. The van der Waals surface area contributed by atoms with Gasteiger partial charge in [0.15, 0.2) is 0 Å². The molecular formula is C28H36N4O2S. The Hall–Kier alpha value is -1.99. The highest BCUT2D eigenvalue weighted by molar-refractivity contribution is 7.13. The summed E-state index contributed by atoms with van der Waals surface area (Å²) in [6.45, 7) is 5.93. The predicted octanol–water partition coefficient (Wildman–Crippen LogP) is 4.26. The van der Waals surface area contributed by atoms with Gasteiger partial charge < -0.3 is 4.90 Å². The average molecular weight is 493 g/mol. The zero-order chi connectivity index (χ0) is 23.5. The summed E-state index contributed by atoms with van der Waals surface area (Å²) < 4.78 is 6.02. The van der Waals surface area contributed by atoms with Crippen LogP contribution in [0.2, 0.25) is 0 Å². The van der Waals surface area contributed by atoms with E-state index in [-0.39, 0.29) is 23.7 Å². The second-order valence-corrected chi connectivity index (χ2v) is 12.6. The number of piperazine rings is 1. The summed E-state index contributed by atoms with van der Waals surface area (Å²) in [5, 5.41) is 1.27. The van der Waals surface area contributed by atoms with Crippen LogP contribution < -0.4 is 4.90 Å². The molecule has 2 bridgehead atoms. The molecule has 2 amide bonds. The molecule has 2 aliphatic heterocycles. The molecule has 0 spiro atoms. The number of benzene rings is 1. The Balaban J connectivity index is 0.986. The molecular weight excluding hydrogens is 456 g/mol. The summed E-state index contributed by atoms with van der Waals surface area (Å²) in [5.74, 6) is 3.59. The number of carbonyl (C=O) groups is 2. The van der Waals surface area contributed by atoms with Crippen molar-refractivity contribution in [3.63, 3.8) is 0 Å². The number of likely N-dealkylation sites (tertiary alicyclic amines) is 1. The molecule has 7 heteroatoms. The standard InChI is InChI=1S/C28H36N4O2S/c33-27-24-18-9-10-19(15-18)25(24)28(34)32(27)17-21-6-2-1-5-20(21)16-30-11-13-31(14-12-30)26-22-7-3-4-8-23(22)35-29-26/h3-4,7-8,18-21,24-25H,1-2,5-6,9-17H2/t18-,19+,20-,21-,24+,25?/m0/s1. The first-order valence-electron chi connectivity index (χ1n) is 13.8. The van der Waals surface area contributed by atoms with Crippen LogP contribution in [0.15, 0.2) is 24.3 Å². The second-order valence-electron chi connectivity index (χ2n) is 11.8. The van der Waals surface area contributed by atoms with Crippen molar-refractivity contribution in [1.29, 1.82) is 0 Å². The van der Waals surface area contributed by atoms with Gasteiger partial charge in [-0.2, -0.15) is 4.37 Å². The van der Waals surface area contributed by atoms with E-state index >= 15 is 0 Å². The third kappa shape index (κ3) is 3.72. The number of carbonyl (C=O) groups excluding carboxylic acids is 2. The number of nitrogens with zero attached hydrogens (tertiary/aromatic N) is 4. The maximum Gasteiger partial charge on any atom is 0.233 e. The first-order chi connectivity index (χ1) is 17.2. The van der Waals surface area contributed by atoms with Gasteiger partial charge in [0.05, 0.1) is 16.5 Å². The molecule has 3 saturated carbocycles. The van der Waals surface area contributed by atoms with Crippen molar-refractivity contribution >= 4 is 39.3 Å². The van der Waals surface area contributed by atoms with Crippen molar-refractivity contribution in [3.05, 3.63) is 24.3 Å². The van der Waals surface area contributed by atoms with Crippen LogP contribution in [0.5, 0.6) is 0 Å². The van der Waals surface area contributed by atoms with Gasteiger partial charge in [0.1, 0.15) is 5.82 Å². The molecule has 3 aliphatic carbocycles. The van der Waals surface area contributed by atoms with E-state index in [0.29, 0.717) is 30.2 Å². The smallest absolute Gasteiger partial charge is 0.233 e. The molecule has 1 aromatic carbocycles. The van der Waals surface area contributed by atoms with Crippen molar-refractivity contribution in [1.82, 2.24) is 14.2 Å². The predicted molar refractivity (Wildman–Crippen MR) is 138 cm³/mol. The van der Waals surface area contributed by atoms with Crippen molar-refractivity contribution in [3.8, 4) is 0 Å². The lowest BCUT2D eigenvalue weighted by Crippen LogP contribution is -2.49. The quantitative estimate of drug-likeness (QED) is 0.584. The zero-order valence-corrected chi connectivity index (χ0v) is 21.3. The molecule has 35 heavy (non-hydrogen) atoms. The van der Waals surface area contributed by atoms with E-state index in [0.717, 1.165) is 64.2 Å². The van der Waals surface area contributed by atoms with Gasteiger partial charge in [0.25, 0.3) is 0 Å². The van der Waals surface area contributed by atoms with Gasteiger partial charge in [-0.05, 0) is 79.4 Å². The van der Waals surface area contributed by atoms with Crippen LogP contribution in [0.1, 0.15) is 44.9 Å². The molecule has 6 nitrogen and oxygen atoms in total. The molecule has 2 saturated heterocycles. The number of amides is 2. The molecule has 0 radical (unpaired) electrons. The summed E-state index contributed by atoms with van der Waals surface area (Å²) in [5.41, 5.74) is 0. The molecule has 1 unspecified atom stereocenters. The third-order valence-corrected chi connectivity index (χ3v) is 10.8. The van der Waals surface area contributed by atoms with E-state index in [9.17, 15) is 9.59 Å². The summed E-state index contributed by atoms with van der Waals surface area (Å²) in [4.78, 5) is 33.4. The number of fused-ring (bicyclic) bond motifs is 6. The summed E-state index contributed by atoms with van der Waals surface area (Å²) >= 11 is 1.60. The first kappa shape index (κ1) is 22.2. The Bertz CT molecular complexity index is 1100. The van der Waals surface area contributed by atoms with Crippen molar-refractivity contribution in [2.45, 2.75) is 44.9 Å². The topological polar surface area (TPSA) is 56.8 Å². The first-order valence-corrected chi connectivity index (χ1v) is 14.6. The van der Waals surface area contributed by atoms with Crippen LogP contribution in [0.4, 0.5) is 5.82 Å². The van der Waals surface area contributed by atoms with Crippen LogP contribution in [0.25, 0.3) is 10.1 Å². The van der Waals surface area contributed by atoms with E-state index in [1.807, 2.05) is 0 Å². The Morgan fingerprint density at radius 1 is 0.829 bits per heavy atom. The van der Waals surface area contributed by atoms with Crippen LogP contribution in [-0.4, -0.2) is 65.3 Å². The highest BCUT2D eigenvalue weighted by Gasteiger charge is 2.61. The van der Waals surface area contributed by atoms with E-state index in [4.69, 9.17) is 4.37 Å². The highest BCUT2D eigenvalue weighted by Crippen LogP contribution is 2.56. The minimum Gasteiger partial charge on any atom is -0.353 e. The largest absolute Gasteiger partial charge is 0.353 e. The van der Waals surface area contributed by atoms with Gasteiger partial charge in [0.2, 0.25) is 11.8 Å². The molecule has 5 fully saturated rings. The average Bonchev–Trinajstić information content (AvgIpc) is 3.66. The maximum atomic E-state index is 13.3. The Morgan fingerprint density at radius 2 is 1.49 bits per heavy atom. The summed E-state index contributed by atoms with van der Waals surface area (Å²) in [7, 11) is 0. The van der Waals surface area contributed by atoms with Crippen LogP contribution in [0, 0.1) is 35.5 Å². The number of hydrogen-bond acceptors (Lipinski definition) is 6. The van der Waals surface area contributed by atoms with Gasteiger partial charge in [-0.15, -0.1) is 0 Å². The fraction of sp³-hybridized carbons (Fsp3) is 0.679. The summed E-state index contributed by atoms with van der Waals surface area (Å²) in [6.07, 6.45) is 8.35. The van der Waals surface area contributed by atoms with Crippen LogP contribution in [-0.2, 0) is 9.59 Å². The van der Waals surface area contributed by atoms with Crippen molar-refractivity contribution in [2.75, 3.05) is 44.2 Å². The van der Waals surface area contributed by atoms with E-state index < -0.39 is 0 Å². The molecule has 7 rings (SSSR count). The minimum absolute atomic E-state index is 0.0261. The van der Waals surface area contributed by atoms with Gasteiger partial charge in [-0.1, -0.05) is 25.0 Å². The molecule has 186 valence electrons. The van der Waals surface area contributed by atoms with Crippen LogP contribution >= 0.6 is 11.5 Å². The Morgan fingerprint density at radius 3 is 2.20 bits per heavy atom. The number of anilines is 1. The second kappa shape index (κ2) is 8.84. The van der Waals surface area contributed by atoms with Gasteiger partial charge >= 0.3 is 0 Å². The minimum atomic E-state index is 0.0261. The Labute approximate surface area is 211 Å². The fourth-order valence-corrected chi connectivity index (χ4v) is 9.02. The third-order valence-electron chi connectivity index (χ3n) is 10.0. The lowest BCUT2D eigenvalue weighted by molar-refractivity contribution is -0.142. The number of aromatic nitrogens is 1. The van der Waals surface area contributed by atoms with Crippen molar-refractivity contribution in [2.24, 2.45) is 35.5 Å². The number of rotatable bonds is 5. The highest BCUT2D eigenvalue weighted by atomic mass is 32.1. The summed E-state index contributed by atoms with van der Waals surface area (Å²) in [6, 6.07) is 8.54. The Kier molecular flexibility index (Phi) is 5.61. The van der Waals surface area contributed by atoms with E-state index in [1.54, 1.807) is 16.4 Å². The lowest BCUT2D eigenvalue weighted by atomic mass is 9.78. The van der Waals surface area contributed by atoms with Crippen molar-refractivity contribution < 1.29 is 9.59 Å².